The molecule has 2 aliphatic carbocycles. The number of ether oxygens (including phenoxy) is 2. The number of benzene rings is 1. The highest BCUT2D eigenvalue weighted by molar-refractivity contribution is 5.88. The SMILES string of the molecule is NC1(C(=O)CC2CCC(Oc3cc(-n4c(C(F)F)nc5ccccc54)nc(N4CCOCC4)n3)CC2)CCCC1. The van der Waals surface area contributed by atoms with Crippen molar-refractivity contribution in [3.8, 4) is 11.7 Å². The highest BCUT2D eigenvalue weighted by Gasteiger charge is 2.38. The van der Waals surface area contributed by atoms with Crippen LogP contribution < -0.4 is 15.4 Å². The van der Waals surface area contributed by atoms with Crippen LogP contribution in [-0.2, 0) is 9.53 Å². The number of ketones is 1. The molecule has 0 amide bonds. The summed E-state index contributed by atoms with van der Waals surface area (Å²) < 4.78 is 41.5. The number of alkyl halides is 2. The molecule has 3 aromatic rings. The monoisotopic (exact) mass is 554 g/mol. The van der Waals surface area contributed by atoms with Crippen LogP contribution in [0, 0.1) is 5.92 Å². The van der Waals surface area contributed by atoms with E-state index in [1.54, 1.807) is 30.3 Å². The van der Waals surface area contributed by atoms with Crippen LogP contribution in [-0.4, -0.2) is 63.2 Å². The van der Waals surface area contributed by atoms with E-state index in [2.05, 4.69) is 9.97 Å². The number of anilines is 1. The van der Waals surface area contributed by atoms with Gasteiger partial charge in [0.1, 0.15) is 11.9 Å². The Hall–Kier alpha value is -3.18. The summed E-state index contributed by atoms with van der Waals surface area (Å²) in [7, 11) is 0. The first kappa shape index (κ1) is 27.0. The van der Waals surface area contributed by atoms with Gasteiger partial charge in [0.05, 0.1) is 29.8 Å². The van der Waals surface area contributed by atoms with E-state index in [0.717, 1.165) is 51.4 Å². The molecule has 3 heterocycles. The number of nitrogens with two attached hydrogens (primary N) is 1. The molecule has 9 nitrogen and oxygen atoms in total. The molecule has 3 aliphatic rings. The van der Waals surface area contributed by atoms with E-state index >= 15 is 0 Å². The normalized spacial score (nSPS) is 23.1. The molecule has 1 aliphatic heterocycles. The van der Waals surface area contributed by atoms with E-state index < -0.39 is 12.0 Å². The minimum atomic E-state index is -2.78. The van der Waals surface area contributed by atoms with Crippen LogP contribution >= 0.6 is 0 Å². The molecule has 2 aromatic heterocycles. The summed E-state index contributed by atoms with van der Waals surface area (Å²) in [5.74, 6) is 1.19. The Kier molecular flexibility index (Phi) is 7.67. The van der Waals surface area contributed by atoms with Crippen molar-refractivity contribution in [2.24, 2.45) is 11.7 Å². The molecule has 0 bridgehead atoms. The molecule has 1 aromatic carbocycles. The van der Waals surface area contributed by atoms with Gasteiger partial charge < -0.3 is 20.1 Å². The second kappa shape index (κ2) is 11.4. The van der Waals surface area contributed by atoms with E-state index in [0.29, 0.717) is 67.3 Å². The largest absolute Gasteiger partial charge is 0.474 e. The number of halogens is 2. The molecule has 2 saturated carbocycles. The molecule has 1 saturated heterocycles. The van der Waals surface area contributed by atoms with Crippen LogP contribution in [0.25, 0.3) is 16.9 Å². The van der Waals surface area contributed by atoms with Crippen molar-refractivity contribution in [2.75, 3.05) is 31.2 Å². The van der Waals surface area contributed by atoms with Gasteiger partial charge in [-0.15, -0.1) is 0 Å². The van der Waals surface area contributed by atoms with E-state index in [4.69, 9.17) is 20.2 Å². The first-order chi connectivity index (χ1) is 19.4. The first-order valence-electron chi connectivity index (χ1n) is 14.4. The number of aromatic nitrogens is 4. The number of para-hydroxylation sites is 2. The topological polar surface area (TPSA) is 108 Å². The van der Waals surface area contributed by atoms with Crippen LogP contribution in [0.2, 0.25) is 0 Å². The zero-order valence-electron chi connectivity index (χ0n) is 22.6. The molecule has 0 unspecified atom stereocenters. The molecule has 11 heteroatoms. The standard InChI is InChI=1S/C29H36F2N6O3/c30-26(31)27-33-21-5-1-2-6-22(21)37(27)24-18-25(35-28(34-24)36-13-15-39-16-14-36)40-20-9-7-19(8-10-20)17-23(38)29(32)11-3-4-12-29/h1-2,5-6,18-20,26H,3-4,7-17,32H2. The Morgan fingerprint density at radius 2 is 1.80 bits per heavy atom. The summed E-state index contributed by atoms with van der Waals surface area (Å²) >= 11 is 0. The average Bonchev–Trinajstić information content (AvgIpc) is 3.59. The van der Waals surface area contributed by atoms with E-state index in [1.807, 2.05) is 4.90 Å². The molecule has 3 fully saturated rings. The average molecular weight is 555 g/mol. The smallest absolute Gasteiger partial charge is 0.296 e. The number of morpholine rings is 1. The van der Waals surface area contributed by atoms with Crippen molar-refractivity contribution >= 4 is 22.8 Å². The summed E-state index contributed by atoms with van der Waals surface area (Å²) in [6, 6.07) is 8.65. The zero-order chi connectivity index (χ0) is 27.7. The van der Waals surface area contributed by atoms with Gasteiger partial charge in [-0.05, 0) is 56.6 Å². The fraction of sp³-hybridized carbons (Fsp3) is 0.586. The Morgan fingerprint density at radius 1 is 1.07 bits per heavy atom. The van der Waals surface area contributed by atoms with Crippen LogP contribution in [0.4, 0.5) is 14.7 Å². The van der Waals surface area contributed by atoms with Gasteiger partial charge in [-0.2, -0.15) is 9.97 Å². The summed E-state index contributed by atoms with van der Waals surface area (Å²) in [6.45, 7) is 2.26. The minimum absolute atomic E-state index is 0.0842. The van der Waals surface area contributed by atoms with Gasteiger partial charge in [0, 0.05) is 25.6 Å². The third kappa shape index (κ3) is 5.54. The third-order valence-corrected chi connectivity index (χ3v) is 8.59. The second-order valence-corrected chi connectivity index (χ2v) is 11.3. The maximum Gasteiger partial charge on any atom is 0.296 e. The van der Waals surface area contributed by atoms with Crippen molar-refractivity contribution in [3.05, 3.63) is 36.2 Å². The minimum Gasteiger partial charge on any atom is -0.474 e. The Balaban J connectivity index is 1.23. The molecular formula is C29H36F2N6O3. The summed E-state index contributed by atoms with van der Waals surface area (Å²) in [4.78, 5) is 28.4. The summed E-state index contributed by atoms with van der Waals surface area (Å²) in [6.07, 6.45) is 4.66. The molecule has 0 radical (unpaired) electrons. The maximum atomic E-state index is 14.1. The predicted octanol–water partition coefficient (Wildman–Crippen LogP) is 4.76. The van der Waals surface area contributed by atoms with Gasteiger partial charge in [0.25, 0.3) is 6.43 Å². The zero-order valence-corrected chi connectivity index (χ0v) is 22.6. The maximum absolute atomic E-state index is 14.1. The number of hydrogen-bond acceptors (Lipinski definition) is 8. The number of carbonyl (C=O) groups is 1. The number of imidazole rings is 1. The number of nitrogens with zero attached hydrogens (tertiary/aromatic N) is 5. The van der Waals surface area contributed by atoms with Crippen molar-refractivity contribution in [2.45, 2.75) is 75.9 Å². The lowest BCUT2D eigenvalue weighted by Gasteiger charge is -2.31. The Morgan fingerprint density at radius 3 is 2.52 bits per heavy atom. The van der Waals surface area contributed by atoms with Crippen LogP contribution in [0.1, 0.15) is 70.0 Å². The Bertz CT molecular complexity index is 1340. The summed E-state index contributed by atoms with van der Waals surface area (Å²) in [5, 5.41) is 0. The first-order valence-corrected chi connectivity index (χ1v) is 14.4. The van der Waals surface area contributed by atoms with Crippen LogP contribution in [0.15, 0.2) is 30.3 Å². The second-order valence-electron chi connectivity index (χ2n) is 11.3. The number of hydrogen-bond donors (Lipinski definition) is 1. The molecule has 2 N–H and O–H groups in total. The predicted molar refractivity (Wildman–Crippen MR) is 146 cm³/mol. The number of Topliss-reactive ketones (excluding diaryl/α,β-unsaturated/α-hetero) is 1. The van der Waals surface area contributed by atoms with Crippen LogP contribution in [0.5, 0.6) is 5.88 Å². The lowest BCUT2D eigenvalue weighted by atomic mass is 9.80. The lowest BCUT2D eigenvalue weighted by molar-refractivity contribution is -0.125. The number of rotatable bonds is 8. The molecule has 0 atom stereocenters. The quantitative estimate of drug-likeness (QED) is 0.425. The molecule has 6 rings (SSSR count). The highest BCUT2D eigenvalue weighted by Crippen LogP contribution is 2.35. The van der Waals surface area contributed by atoms with Gasteiger partial charge in [-0.1, -0.05) is 25.0 Å². The molecule has 214 valence electrons. The highest BCUT2D eigenvalue weighted by atomic mass is 19.3. The van der Waals surface area contributed by atoms with E-state index in [1.165, 1.54) is 4.57 Å². The lowest BCUT2D eigenvalue weighted by Crippen LogP contribution is -2.46. The summed E-state index contributed by atoms with van der Waals surface area (Å²) in [5.41, 5.74) is 6.77. The number of carbonyl (C=O) groups excluding carboxylic acids is 1. The van der Waals surface area contributed by atoms with Gasteiger partial charge in [0.2, 0.25) is 11.8 Å². The molecule has 40 heavy (non-hydrogen) atoms. The van der Waals surface area contributed by atoms with Crippen molar-refractivity contribution < 1.29 is 23.0 Å². The van der Waals surface area contributed by atoms with Gasteiger partial charge in [-0.25, -0.2) is 13.8 Å². The van der Waals surface area contributed by atoms with Gasteiger partial charge >= 0.3 is 0 Å². The Labute approximate surface area is 232 Å². The van der Waals surface area contributed by atoms with E-state index in [-0.39, 0.29) is 17.7 Å². The van der Waals surface area contributed by atoms with Gasteiger partial charge in [0.15, 0.2) is 11.6 Å². The number of fused-ring (bicyclic) bond motifs is 1. The molecule has 0 spiro atoms. The van der Waals surface area contributed by atoms with Gasteiger partial charge in [-0.3, -0.25) is 9.36 Å². The van der Waals surface area contributed by atoms with Crippen molar-refractivity contribution in [3.63, 3.8) is 0 Å². The third-order valence-electron chi connectivity index (χ3n) is 8.59. The van der Waals surface area contributed by atoms with E-state index in [9.17, 15) is 13.6 Å². The van der Waals surface area contributed by atoms with Crippen molar-refractivity contribution in [1.82, 2.24) is 19.5 Å². The molecular weight excluding hydrogens is 518 g/mol. The fourth-order valence-electron chi connectivity index (χ4n) is 6.29. The fourth-order valence-corrected chi connectivity index (χ4v) is 6.29. The van der Waals surface area contributed by atoms with Crippen molar-refractivity contribution in [1.29, 1.82) is 0 Å². The van der Waals surface area contributed by atoms with Crippen LogP contribution in [0.3, 0.4) is 0 Å².